The lowest BCUT2D eigenvalue weighted by atomic mass is 10.3. The van der Waals surface area contributed by atoms with E-state index in [4.69, 9.17) is 16.0 Å². The summed E-state index contributed by atoms with van der Waals surface area (Å²) in [5.41, 5.74) is -0.0361. The molecule has 3 aromatic rings. The number of carbonyl (C=O) groups is 1. The largest absolute Gasteiger partial charge is 0.439 e. The predicted molar refractivity (Wildman–Crippen MR) is 90.0 cm³/mol. The molecule has 0 aliphatic heterocycles. The third-order valence-corrected chi connectivity index (χ3v) is 5.21. The number of amides is 1. The van der Waals surface area contributed by atoms with Crippen molar-refractivity contribution < 1.29 is 22.0 Å². The number of halogens is 2. The number of nitrogens with one attached hydrogen (secondary N) is 1. The molecule has 0 aliphatic rings. The predicted octanol–water partition coefficient (Wildman–Crippen LogP) is 4.16. The molecular weight excluding hydrogens is 369 g/mol. The summed E-state index contributed by atoms with van der Waals surface area (Å²) in [5, 5.41) is 2.32. The van der Waals surface area contributed by atoms with Gasteiger partial charge in [-0.05, 0) is 48.5 Å². The van der Waals surface area contributed by atoms with Gasteiger partial charge in [-0.25, -0.2) is 12.8 Å². The van der Waals surface area contributed by atoms with Crippen molar-refractivity contribution in [2.45, 2.75) is 9.99 Å². The first-order valence-electron chi connectivity index (χ1n) is 7.04. The Morgan fingerprint density at radius 1 is 1.00 bits per heavy atom. The highest BCUT2D eigenvalue weighted by molar-refractivity contribution is 7.91. The zero-order valence-corrected chi connectivity index (χ0v) is 14.1. The van der Waals surface area contributed by atoms with Crippen molar-refractivity contribution >= 4 is 33.0 Å². The van der Waals surface area contributed by atoms with Crippen molar-refractivity contribution in [2.75, 3.05) is 5.32 Å². The maximum absolute atomic E-state index is 13.6. The molecule has 0 fully saturated rings. The molecule has 8 heteroatoms. The van der Waals surface area contributed by atoms with Gasteiger partial charge in [-0.1, -0.05) is 23.7 Å². The second-order valence-corrected chi connectivity index (χ2v) is 7.33. The zero-order chi connectivity index (χ0) is 18.0. The van der Waals surface area contributed by atoms with E-state index < -0.39 is 26.7 Å². The fraction of sp³-hybridized carbons (Fsp3) is 0. The van der Waals surface area contributed by atoms with E-state index in [-0.39, 0.29) is 16.3 Å². The summed E-state index contributed by atoms with van der Waals surface area (Å²) >= 11 is 5.74. The standard InChI is InChI=1S/C17H11ClFNO4S/c18-11-5-7-12(8-6-11)25(22,23)16-10-9-15(24-16)17(21)20-14-4-2-1-3-13(14)19/h1-10H,(H,20,21). The number of hydrogen-bond acceptors (Lipinski definition) is 4. The Morgan fingerprint density at radius 3 is 2.36 bits per heavy atom. The lowest BCUT2D eigenvalue weighted by molar-refractivity contribution is 0.0991. The fourth-order valence-corrected chi connectivity index (χ4v) is 3.36. The summed E-state index contributed by atoms with van der Waals surface area (Å²) in [6.45, 7) is 0. The number of furan rings is 1. The Labute approximate surface area is 148 Å². The van der Waals surface area contributed by atoms with Gasteiger partial charge in [0.15, 0.2) is 5.76 Å². The number of benzene rings is 2. The monoisotopic (exact) mass is 379 g/mol. The van der Waals surface area contributed by atoms with Crippen LogP contribution in [0, 0.1) is 5.82 Å². The van der Waals surface area contributed by atoms with E-state index >= 15 is 0 Å². The molecule has 1 heterocycles. The van der Waals surface area contributed by atoms with Crippen LogP contribution in [-0.2, 0) is 9.84 Å². The molecule has 25 heavy (non-hydrogen) atoms. The lowest BCUT2D eigenvalue weighted by Gasteiger charge is -2.04. The van der Waals surface area contributed by atoms with Gasteiger partial charge in [-0.15, -0.1) is 0 Å². The molecule has 1 aromatic heterocycles. The van der Waals surface area contributed by atoms with E-state index in [2.05, 4.69) is 5.32 Å². The van der Waals surface area contributed by atoms with Gasteiger partial charge in [-0.3, -0.25) is 4.79 Å². The van der Waals surface area contributed by atoms with Gasteiger partial charge in [-0.2, -0.15) is 0 Å². The van der Waals surface area contributed by atoms with Crippen molar-refractivity contribution in [1.29, 1.82) is 0 Å². The van der Waals surface area contributed by atoms with Crippen LogP contribution in [-0.4, -0.2) is 14.3 Å². The van der Waals surface area contributed by atoms with E-state index in [1.54, 1.807) is 6.07 Å². The van der Waals surface area contributed by atoms with E-state index in [0.717, 1.165) is 0 Å². The molecule has 0 spiro atoms. The van der Waals surface area contributed by atoms with Crippen LogP contribution in [0.4, 0.5) is 10.1 Å². The number of anilines is 1. The molecule has 128 valence electrons. The van der Waals surface area contributed by atoms with Crippen LogP contribution in [0.25, 0.3) is 0 Å². The summed E-state index contributed by atoms with van der Waals surface area (Å²) in [6.07, 6.45) is 0. The Bertz CT molecular complexity index is 1030. The minimum atomic E-state index is -3.93. The van der Waals surface area contributed by atoms with Crippen molar-refractivity contribution in [3.63, 3.8) is 0 Å². The summed E-state index contributed by atoms with van der Waals surface area (Å²) < 4.78 is 43.6. The minimum Gasteiger partial charge on any atom is -0.439 e. The highest BCUT2D eigenvalue weighted by atomic mass is 35.5. The second kappa shape index (κ2) is 6.70. The van der Waals surface area contributed by atoms with Gasteiger partial charge in [0.1, 0.15) is 5.82 Å². The number of para-hydroxylation sites is 1. The third kappa shape index (κ3) is 3.57. The highest BCUT2D eigenvalue weighted by Gasteiger charge is 2.23. The van der Waals surface area contributed by atoms with Crippen LogP contribution in [0.2, 0.25) is 5.02 Å². The molecule has 0 saturated heterocycles. The highest BCUT2D eigenvalue weighted by Crippen LogP contribution is 2.24. The second-order valence-electron chi connectivity index (χ2n) is 5.01. The van der Waals surface area contributed by atoms with Crippen molar-refractivity contribution in [3.8, 4) is 0 Å². The van der Waals surface area contributed by atoms with Crippen LogP contribution in [0.1, 0.15) is 10.6 Å². The quantitative estimate of drug-likeness (QED) is 0.738. The summed E-state index contributed by atoms with van der Waals surface area (Å²) in [7, 11) is -3.93. The first-order valence-corrected chi connectivity index (χ1v) is 8.90. The Morgan fingerprint density at radius 2 is 1.68 bits per heavy atom. The molecule has 0 atom stereocenters. The zero-order valence-electron chi connectivity index (χ0n) is 12.6. The molecule has 0 unspecified atom stereocenters. The number of rotatable bonds is 4. The van der Waals surface area contributed by atoms with Gasteiger partial charge in [0.05, 0.1) is 10.6 Å². The van der Waals surface area contributed by atoms with Crippen molar-refractivity contribution in [1.82, 2.24) is 0 Å². The molecule has 1 amide bonds. The number of carbonyl (C=O) groups excluding carboxylic acids is 1. The van der Waals surface area contributed by atoms with Crippen molar-refractivity contribution in [3.05, 3.63) is 77.3 Å². The van der Waals surface area contributed by atoms with Crippen LogP contribution in [0.15, 0.2) is 75.1 Å². The van der Waals surface area contributed by atoms with Gasteiger partial charge < -0.3 is 9.73 Å². The van der Waals surface area contributed by atoms with E-state index in [1.807, 2.05) is 0 Å². The SMILES string of the molecule is O=C(Nc1ccccc1F)c1ccc(S(=O)(=O)c2ccc(Cl)cc2)o1. The molecular formula is C17H11ClFNO4S. The summed E-state index contributed by atoms with van der Waals surface area (Å²) in [4.78, 5) is 12.1. The third-order valence-electron chi connectivity index (χ3n) is 3.32. The molecule has 1 N–H and O–H groups in total. The maximum atomic E-state index is 13.6. The fourth-order valence-electron chi connectivity index (χ4n) is 2.06. The maximum Gasteiger partial charge on any atom is 0.291 e. The first kappa shape index (κ1) is 17.2. The molecule has 5 nitrogen and oxygen atoms in total. The van der Waals surface area contributed by atoms with Crippen molar-refractivity contribution in [2.24, 2.45) is 0 Å². The molecule has 0 aliphatic carbocycles. The topological polar surface area (TPSA) is 76.4 Å². The molecule has 0 bridgehead atoms. The van der Waals surface area contributed by atoms with E-state index in [1.165, 1.54) is 54.6 Å². The van der Waals surface area contributed by atoms with Crippen LogP contribution in [0.3, 0.4) is 0 Å². The van der Waals surface area contributed by atoms with Gasteiger partial charge in [0.25, 0.3) is 5.91 Å². The smallest absolute Gasteiger partial charge is 0.291 e. The van der Waals surface area contributed by atoms with Gasteiger partial charge in [0.2, 0.25) is 14.9 Å². The first-order chi connectivity index (χ1) is 11.9. The normalized spacial score (nSPS) is 11.3. The van der Waals surface area contributed by atoms with Crippen LogP contribution < -0.4 is 5.32 Å². The Hall–Kier alpha value is -2.64. The molecule has 0 saturated carbocycles. The van der Waals surface area contributed by atoms with Gasteiger partial charge >= 0.3 is 0 Å². The van der Waals surface area contributed by atoms with Crippen LogP contribution in [0.5, 0.6) is 0 Å². The van der Waals surface area contributed by atoms with E-state index in [9.17, 15) is 17.6 Å². The Kier molecular flexibility index (Phi) is 4.61. The molecule has 3 rings (SSSR count). The molecule has 2 aromatic carbocycles. The van der Waals surface area contributed by atoms with E-state index in [0.29, 0.717) is 5.02 Å². The molecule has 0 radical (unpaired) electrons. The average molecular weight is 380 g/mol. The lowest BCUT2D eigenvalue weighted by Crippen LogP contribution is -2.12. The summed E-state index contributed by atoms with van der Waals surface area (Å²) in [5.74, 6) is -1.63. The van der Waals surface area contributed by atoms with Crippen LogP contribution >= 0.6 is 11.6 Å². The number of sulfone groups is 1. The van der Waals surface area contributed by atoms with Gasteiger partial charge in [0, 0.05) is 5.02 Å². The minimum absolute atomic E-state index is 0.0210. The Balaban J connectivity index is 1.85. The summed E-state index contributed by atoms with van der Waals surface area (Å²) in [6, 6.07) is 13.5. The average Bonchev–Trinajstić information content (AvgIpc) is 3.08. The number of hydrogen-bond donors (Lipinski definition) is 1.